The summed E-state index contributed by atoms with van der Waals surface area (Å²) < 4.78 is 0. The van der Waals surface area contributed by atoms with Crippen LogP contribution in [-0.4, -0.2) is 35.3 Å². The monoisotopic (exact) mass is 384 g/mol. The van der Waals surface area contributed by atoms with E-state index in [0.29, 0.717) is 12.1 Å². The predicted octanol–water partition coefficient (Wildman–Crippen LogP) is 4.94. The first-order chi connectivity index (χ1) is 13.7. The van der Waals surface area contributed by atoms with Gasteiger partial charge in [-0.15, -0.1) is 0 Å². The van der Waals surface area contributed by atoms with Gasteiger partial charge in [0.25, 0.3) is 5.91 Å². The molecule has 0 aromatic heterocycles. The first-order valence-electron chi connectivity index (χ1n) is 11.4. The van der Waals surface area contributed by atoms with Crippen molar-refractivity contribution >= 4 is 11.8 Å². The Morgan fingerprint density at radius 2 is 1.57 bits per heavy atom. The van der Waals surface area contributed by atoms with Crippen molar-refractivity contribution in [3.05, 3.63) is 35.9 Å². The quantitative estimate of drug-likeness (QED) is 0.724. The van der Waals surface area contributed by atoms with Gasteiger partial charge in [0.2, 0.25) is 5.91 Å². The van der Waals surface area contributed by atoms with Crippen LogP contribution in [0.15, 0.2) is 30.3 Å². The van der Waals surface area contributed by atoms with Crippen molar-refractivity contribution in [1.82, 2.24) is 10.2 Å². The third-order valence-corrected chi connectivity index (χ3v) is 6.40. The Morgan fingerprint density at radius 3 is 2.18 bits per heavy atom. The van der Waals surface area contributed by atoms with Gasteiger partial charge in [-0.2, -0.15) is 0 Å². The molecular formula is C24H36N2O2. The second-order valence-electron chi connectivity index (χ2n) is 8.55. The van der Waals surface area contributed by atoms with Crippen LogP contribution >= 0.6 is 0 Å². The molecule has 4 nitrogen and oxygen atoms in total. The lowest BCUT2D eigenvalue weighted by atomic mass is 9.82. The summed E-state index contributed by atoms with van der Waals surface area (Å²) in [6.07, 6.45) is 12.3. The van der Waals surface area contributed by atoms with Gasteiger partial charge in [-0.05, 0) is 50.2 Å². The Bertz CT molecular complexity index is 619. The van der Waals surface area contributed by atoms with Crippen molar-refractivity contribution in [2.45, 2.75) is 89.6 Å². The molecule has 2 fully saturated rings. The number of hydrogen-bond donors (Lipinski definition) is 1. The summed E-state index contributed by atoms with van der Waals surface area (Å²) in [5, 5.41) is 3.33. The summed E-state index contributed by atoms with van der Waals surface area (Å²) >= 11 is 0. The van der Waals surface area contributed by atoms with Gasteiger partial charge in [-0.3, -0.25) is 9.59 Å². The van der Waals surface area contributed by atoms with Crippen LogP contribution in [0.2, 0.25) is 0 Å². The molecule has 3 rings (SSSR count). The van der Waals surface area contributed by atoms with Crippen LogP contribution in [-0.2, 0) is 4.79 Å². The van der Waals surface area contributed by atoms with E-state index in [4.69, 9.17) is 0 Å². The first kappa shape index (κ1) is 20.9. The fraction of sp³-hybridized carbons (Fsp3) is 0.667. The molecule has 0 aliphatic heterocycles. The molecule has 1 unspecified atom stereocenters. The van der Waals surface area contributed by atoms with E-state index in [1.165, 1.54) is 25.7 Å². The van der Waals surface area contributed by atoms with Crippen LogP contribution in [0.5, 0.6) is 0 Å². The van der Waals surface area contributed by atoms with E-state index in [-0.39, 0.29) is 29.8 Å². The zero-order valence-electron chi connectivity index (χ0n) is 17.4. The standard InChI is InChI=1S/C24H36N2O2/c1-2-18-26(24(28)20-14-8-4-9-15-20)22(19-12-6-3-7-13-19)23(27)25-21-16-10-5-11-17-21/h4,8-9,14-15,19,21-22H,2-3,5-7,10-13,16-18H2,1H3,(H,25,27). The van der Waals surface area contributed by atoms with E-state index in [1.807, 2.05) is 35.2 Å². The van der Waals surface area contributed by atoms with Gasteiger partial charge in [-0.25, -0.2) is 0 Å². The van der Waals surface area contributed by atoms with Crippen LogP contribution in [0.3, 0.4) is 0 Å². The Labute approximate surface area is 170 Å². The lowest BCUT2D eigenvalue weighted by molar-refractivity contribution is -0.129. The number of hydrogen-bond acceptors (Lipinski definition) is 2. The molecule has 2 saturated carbocycles. The largest absolute Gasteiger partial charge is 0.352 e. The van der Waals surface area contributed by atoms with E-state index in [1.54, 1.807) is 0 Å². The van der Waals surface area contributed by atoms with Gasteiger partial charge in [0, 0.05) is 18.2 Å². The minimum absolute atomic E-state index is 0.00295. The van der Waals surface area contributed by atoms with E-state index >= 15 is 0 Å². The SMILES string of the molecule is CCCN(C(=O)c1ccccc1)C(C(=O)NC1CCCCC1)C1CCCCC1. The lowest BCUT2D eigenvalue weighted by Gasteiger charge is -2.39. The molecule has 4 heteroatoms. The summed E-state index contributed by atoms with van der Waals surface area (Å²) in [5.74, 6) is 0.352. The Hall–Kier alpha value is -1.84. The van der Waals surface area contributed by atoms with Crippen LogP contribution in [0, 0.1) is 5.92 Å². The van der Waals surface area contributed by atoms with Gasteiger partial charge >= 0.3 is 0 Å². The molecule has 1 atom stereocenters. The van der Waals surface area contributed by atoms with E-state index in [9.17, 15) is 9.59 Å². The lowest BCUT2D eigenvalue weighted by Crippen LogP contribution is -2.55. The fourth-order valence-electron chi connectivity index (χ4n) is 4.95. The zero-order chi connectivity index (χ0) is 19.8. The smallest absolute Gasteiger partial charge is 0.254 e. The van der Waals surface area contributed by atoms with Gasteiger partial charge in [0.1, 0.15) is 6.04 Å². The molecule has 0 heterocycles. The van der Waals surface area contributed by atoms with Crippen molar-refractivity contribution in [3.63, 3.8) is 0 Å². The van der Waals surface area contributed by atoms with Gasteiger partial charge < -0.3 is 10.2 Å². The van der Waals surface area contributed by atoms with Gasteiger partial charge in [0.15, 0.2) is 0 Å². The zero-order valence-corrected chi connectivity index (χ0v) is 17.4. The molecule has 0 saturated heterocycles. The molecule has 0 bridgehead atoms. The minimum atomic E-state index is -0.338. The number of amides is 2. The highest BCUT2D eigenvalue weighted by atomic mass is 16.2. The Balaban J connectivity index is 1.83. The van der Waals surface area contributed by atoms with Crippen molar-refractivity contribution in [3.8, 4) is 0 Å². The average Bonchev–Trinajstić information content (AvgIpc) is 2.75. The van der Waals surface area contributed by atoms with E-state index in [2.05, 4.69) is 12.2 Å². The molecule has 0 spiro atoms. The summed E-state index contributed by atoms with van der Waals surface area (Å²) in [6, 6.07) is 9.39. The third-order valence-electron chi connectivity index (χ3n) is 6.40. The summed E-state index contributed by atoms with van der Waals surface area (Å²) in [4.78, 5) is 28.7. The molecule has 0 radical (unpaired) electrons. The van der Waals surface area contributed by atoms with Crippen molar-refractivity contribution in [2.24, 2.45) is 5.92 Å². The average molecular weight is 385 g/mol. The first-order valence-corrected chi connectivity index (χ1v) is 11.4. The fourth-order valence-corrected chi connectivity index (χ4v) is 4.95. The third kappa shape index (κ3) is 5.36. The number of nitrogens with one attached hydrogen (secondary N) is 1. The van der Waals surface area contributed by atoms with E-state index in [0.717, 1.165) is 44.9 Å². The minimum Gasteiger partial charge on any atom is -0.352 e. The Morgan fingerprint density at radius 1 is 0.964 bits per heavy atom. The van der Waals surface area contributed by atoms with Crippen molar-refractivity contribution in [1.29, 1.82) is 0 Å². The van der Waals surface area contributed by atoms with Crippen LogP contribution in [0.4, 0.5) is 0 Å². The summed E-state index contributed by atoms with van der Waals surface area (Å²) in [6.45, 7) is 2.72. The molecule has 2 amide bonds. The molecule has 1 aromatic carbocycles. The molecular weight excluding hydrogens is 348 g/mol. The van der Waals surface area contributed by atoms with E-state index < -0.39 is 0 Å². The molecule has 1 aromatic rings. The van der Waals surface area contributed by atoms with Crippen molar-refractivity contribution in [2.75, 3.05) is 6.54 Å². The maximum Gasteiger partial charge on any atom is 0.254 e. The summed E-state index contributed by atoms with van der Waals surface area (Å²) in [5.41, 5.74) is 0.683. The second kappa shape index (κ2) is 10.6. The normalized spacial score (nSPS) is 19.8. The second-order valence-corrected chi connectivity index (χ2v) is 8.55. The number of carbonyl (C=O) groups excluding carboxylic acids is 2. The highest BCUT2D eigenvalue weighted by Crippen LogP contribution is 2.31. The molecule has 2 aliphatic rings. The van der Waals surface area contributed by atoms with Crippen LogP contribution < -0.4 is 5.32 Å². The molecule has 1 N–H and O–H groups in total. The maximum absolute atomic E-state index is 13.5. The number of benzene rings is 1. The van der Waals surface area contributed by atoms with Crippen LogP contribution in [0.1, 0.15) is 87.9 Å². The number of rotatable bonds is 7. The molecule has 2 aliphatic carbocycles. The van der Waals surface area contributed by atoms with Gasteiger partial charge in [-0.1, -0.05) is 63.6 Å². The topological polar surface area (TPSA) is 49.4 Å². The highest BCUT2D eigenvalue weighted by molar-refractivity contribution is 5.97. The molecule has 154 valence electrons. The Kier molecular flexibility index (Phi) is 7.93. The highest BCUT2D eigenvalue weighted by Gasteiger charge is 2.37. The molecule has 28 heavy (non-hydrogen) atoms. The number of nitrogens with zero attached hydrogens (tertiary/aromatic N) is 1. The maximum atomic E-state index is 13.5. The number of carbonyl (C=O) groups is 2. The van der Waals surface area contributed by atoms with Crippen molar-refractivity contribution < 1.29 is 9.59 Å². The van der Waals surface area contributed by atoms with Crippen LogP contribution in [0.25, 0.3) is 0 Å². The summed E-state index contributed by atoms with van der Waals surface area (Å²) in [7, 11) is 0. The predicted molar refractivity (Wildman–Crippen MR) is 113 cm³/mol. The van der Waals surface area contributed by atoms with Gasteiger partial charge in [0.05, 0.1) is 0 Å².